The molecular formula is C20H39N5O5S. The highest BCUT2D eigenvalue weighted by atomic mass is 32.1. The largest absolute Gasteiger partial charge is 0.480 e. The van der Waals surface area contributed by atoms with Gasteiger partial charge < -0.3 is 32.5 Å². The van der Waals surface area contributed by atoms with Crippen molar-refractivity contribution in [3.63, 3.8) is 0 Å². The van der Waals surface area contributed by atoms with E-state index in [2.05, 4.69) is 28.6 Å². The normalized spacial score (nSPS) is 16.0. The summed E-state index contributed by atoms with van der Waals surface area (Å²) in [4.78, 5) is 49.3. The van der Waals surface area contributed by atoms with Gasteiger partial charge in [0.05, 0.1) is 6.04 Å². The van der Waals surface area contributed by atoms with Gasteiger partial charge in [-0.2, -0.15) is 12.6 Å². The molecule has 5 atom stereocenters. The summed E-state index contributed by atoms with van der Waals surface area (Å²) < 4.78 is 0. The lowest BCUT2D eigenvalue weighted by molar-refractivity contribution is -0.143. The number of thiol groups is 1. The first-order chi connectivity index (χ1) is 14.5. The zero-order chi connectivity index (χ0) is 24.1. The summed E-state index contributed by atoms with van der Waals surface area (Å²) in [6.45, 7) is 7.55. The van der Waals surface area contributed by atoms with Crippen molar-refractivity contribution in [1.82, 2.24) is 16.0 Å². The molecule has 10 nitrogen and oxygen atoms in total. The van der Waals surface area contributed by atoms with Crippen LogP contribution in [0.25, 0.3) is 0 Å². The second-order valence-electron chi connectivity index (χ2n) is 8.07. The molecule has 0 aromatic carbocycles. The number of carbonyl (C=O) groups excluding carboxylic acids is 3. The van der Waals surface area contributed by atoms with Crippen LogP contribution in [0.5, 0.6) is 0 Å². The summed E-state index contributed by atoms with van der Waals surface area (Å²) in [7, 11) is 0. The highest BCUT2D eigenvalue weighted by Crippen LogP contribution is 2.10. The lowest BCUT2D eigenvalue weighted by atomic mass is 9.98. The third-order valence-corrected chi connectivity index (χ3v) is 5.56. The standard InChI is InChI=1S/C20H39N5O5S/c1-5-12(4)16(20(29)30)25-17(26)13(8-6-7-9-21)23-18(27)14(10-31)24-19(28)15(22)11(2)3/h11-16,31H,5-10,21-22H2,1-4H3,(H,23,27)(H,24,28)(H,25,26)(H,29,30). The molecule has 0 aromatic heterocycles. The maximum atomic E-state index is 12.8. The Morgan fingerprint density at radius 1 is 0.935 bits per heavy atom. The van der Waals surface area contributed by atoms with Gasteiger partial charge in [-0.1, -0.05) is 34.1 Å². The fraction of sp³-hybridized carbons (Fsp3) is 0.800. The molecule has 0 aromatic rings. The van der Waals surface area contributed by atoms with E-state index >= 15 is 0 Å². The van der Waals surface area contributed by atoms with E-state index < -0.39 is 47.9 Å². The fourth-order valence-electron chi connectivity index (χ4n) is 2.74. The SMILES string of the molecule is CCC(C)C(NC(=O)C(CCCCN)NC(=O)C(CS)NC(=O)C(N)C(C)C)C(=O)O. The van der Waals surface area contributed by atoms with Gasteiger partial charge in [0, 0.05) is 5.75 Å². The van der Waals surface area contributed by atoms with E-state index in [4.69, 9.17) is 11.5 Å². The van der Waals surface area contributed by atoms with Crippen LogP contribution in [0.15, 0.2) is 0 Å². The number of unbranched alkanes of at least 4 members (excludes halogenated alkanes) is 1. The van der Waals surface area contributed by atoms with E-state index in [1.807, 2.05) is 6.92 Å². The summed E-state index contributed by atoms with van der Waals surface area (Å²) in [5.41, 5.74) is 11.3. The van der Waals surface area contributed by atoms with Gasteiger partial charge in [0.1, 0.15) is 18.1 Å². The number of rotatable bonds is 15. The molecule has 0 bridgehead atoms. The van der Waals surface area contributed by atoms with Crippen LogP contribution < -0.4 is 27.4 Å². The molecule has 0 radical (unpaired) electrons. The number of carboxylic acids is 1. The molecule has 0 aliphatic heterocycles. The zero-order valence-electron chi connectivity index (χ0n) is 18.9. The van der Waals surface area contributed by atoms with Crippen LogP contribution in [0.4, 0.5) is 0 Å². The molecule has 5 unspecified atom stereocenters. The minimum atomic E-state index is -1.14. The Morgan fingerprint density at radius 2 is 1.48 bits per heavy atom. The van der Waals surface area contributed by atoms with Crippen LogP contribution in [0.3, 0.4) is 0 Å². The van der Waals surface area contributed by atoms with Gasteiger partial charge in [0.25, 0.3) is 0 Å². The fourth-order valence-corrected chi connectivity index (χ4v) is 2.99. The van der Waals surface area contributed by atoms with Crippen molar-refractivity contribution < 1.29 is 24.3 Å². The van der Waals surface area contributed by atoms with Crippen LogP contribution in [-0.4, -0.2) is 65.3 Å². The lowest BCUT2D eigenvalue weighted by Crippen LogP contribution is -2.58. The predicted octanol–water partition coefficient (Wildman–Crippen LogP) is -0.386. The Hall–Kier alpha value is -1.85. The molecule has 0 rings (SSSR count). The molecule has 0 saturated carbocycles. The molecule has 8 N–H and O–H groups in total. The summed E-state index contributed by atoms with van der Waals surface area (Å²) in [6.07, 6.45) is 2.04. The van der Waals surface area contributed by atoms with Crippen LogP contribution in [0, 0.1) is 11.8 Å². The summed E-state index contributed by atoms with van der Waals surface area (Å²) in [5.74, 6) is -3.22. The monoisotopic (exact) mass is 461 g/mol. The minimum absolute atomic E-state index is 0.00411. The average Bonchev–Trinajstić information content (AvgIpc) is 2.72. The van der Waals surface area contributed by atoms with E-state index in [1.165, 1.54) is 0 Å². The summed E-state index contributed by atoms with van der Waals surface area (Å²) in [6, 6.07) is -3.82. The molecule has 0 fully saturated rings. The Kier molecular flexibility index (Phi) is 14.1. The van der Waals surface area contributed by atoms with E-state index in [-0.39, 0.29) is 24.0 Å². The average molecular weight is 462 g/mol. The second-order valence-corrected chi connectivity index (χ2v) is 8.43. The second kappa shape index (κ2) is 15.0. The van der Waals surface area contributed by atoms with Gasteiger partial charge in [0.15, 0.2) is 0 Å². The van der Waals surface area contributed by atoms with E-state index in [0.717, 1.165) is 0 Å². The molecule has 3 amide bonds. The first kappa shape index (κ1) is 29.1. The molecule has 0 heterocycles. The Bertz CT molecular complexity index is 605. The van der Waals surface area contributed by atoms with Crippen molar-refractivity contribution in [2.45, 2.75) is 77.5 Å². The molecule has 0 spiro atoms. The number of aliphatic carboxylic acids is 1. The molecule has 180 valence electrons. The minimum Gasteiger partial charge on any atom is -0.480 e. The van der Waals surface area contributed by atoms with Crippen molar-refractivity contribution in [3.05, 3.63) is 0 Å². The molecule has 11 heteroatoms. The van der Waals surface area contributed by atoms with Gasteiger partial charge in [0.2, 0.25) is 17.7 Å². The number of carbonyl (C=O) groups is 4. The van der Waals surface area contributed by atoms with Gasteiger partial charge in [-0.25, -0.2) is 4.79 Å². The Morgan fingerprint density at radius 3 is 1.94 bits per heavy atom. The summed E-state index contributed by atoms with van der Waals surface area (Å²) >= 11 is 4.12. The number of nitrogens with one attached hydrogen (secondary N) is 3. The van der Waals surface area contributed by atoms with E-state index in [0.29, 0.717) is 25.8 Å². The van der Waals surface area contributed by atoms with Crippen molar-refractivity contribution in [1.29, 1.82) is 0 Å². The van der Waals surface area contributed by atoms with Gasteiger partial charge in [-0.15, -0.1) is 0 Å². The third-order valence-electron chi connectivity index (χ3n) is 5.19. The first-order valence-electron chi connectivity index (χ1n) is 10.7. The van der Waals surface area contributed by atoms with Crippen LogP contribution in [-0.2, 0) is 19.2 Å². The van der Waals surface area contributed by atoms with Gasteiger partial charge in [-0.3, -0.25) is 14.4 Å². The lowest BCUT2D eigenvalue weighted by Gasteiger charge is -2.26. The summed E-state index contributed by atoms with van der Waals surface area (Å²) in [5, 5.41) is 17.1. The van der Waals surface area contributed by atoms with Gasteiger partial charge >= 0.3 is 5.97 Å². The first-order valence-corrected chi connectivity index (χ1v) is 11.3. The molecule has 0 aliphatic carbocycles. The molecule has 0 aliphatic rings. The Labute approximate surface area is 190 Å². The van der Waals surface area contributed by atoms with Crippen molar-refractivity contribution in [2.75, 3.05) is 12.3 Å². The van der Waals surface area contributed by atoms with Crippen LogP contribution in [0.2, 0.25) is 0 Å². The third kappa shape index (κ3) is 10.3. The number of carboxylic acid groups (broad SMARTS) is 1. The van der Waals surface area contributed by atoms with Gasteiger partial charge in [-0.05, 0) is 37.6 Å². The quantitative estimate of drug-likeness (QED) is 0.128. The van der Waals surface area contributed by atoms with Crippen LogP contribution >= 0.6 is 12.6 Å². The molecule has 0 saturated heterocycles. The van der Waals surface area contributed by atoms with Crippen molar-refractivity contribution >= 4 is 36.3 Å². The van der Waals surface area contributed by atoms with E-state index in [9.17, 15) is 24.3 Å². The highest BCUT2D eigenvalue weighted by molar-refractivity contribution is 7.80. The van der Waals surface area contributed by atoms with Crippen molar-refractivity contribution in [2.24, 2.45) is 23.3 Å². The number of amides is 3. The molecule has 31 heavy (non-hydrogen) atoms. The van der Waals surface area contributed by atoms with Crippen LogP contribution in [0.1, 0.15) is 53.4 Å². The van der Waals surface area contributed by atoms with E-state index in [1.54, 1.807) is 20.8 Å². The number of nitrogens with two attached hydrogens (primary N) is 2. The highest BCUT2D eigenvalue weighted by Gasteiger charge is 2.31. The number of hydrogen-bond acceptors (Lipinski definition) is 7. The maximum Gasteiger partial charge on any atom is 0.326 e. The van der Waals surface area contributed by atoms with Crippen molar-refractivity contribution in [3.8, 4) is 0 Å². The Balaban J connectivity index is 5.33. The number of hydrogen-bond donors (Lipinski definition) is 7. The smallest absolute Gasteiger partial charge is 0.326 e. The topological polar surface area (TPSA) is 177 Å². The molecular weight excluding hydrogens is 422 g/mol. The maximum absolute atomic E-state index is 12.8. The zero-order valence-corrected chi connectivity index (χ0v) is 19.8. The predicted molar refractivity (Wildman–Crippen MR) is 122 cm³/mol.